The van der Waals surface area contributed by atoms with Crippen LogP contribution in [0.5, 0.6) is 11.5 Å². The summed E-state index contributed by atoms with van der Waals surface area (Å²) in [6.07, 6.45) is -0.580. The average molecular weight is 321 g/mol. The largest absolute Gasteiger partial charge is 0.485 e. The van der Waals surface area contributed by atoms with E-state index in [1.165, 1.54) is 13.0 Å². The minimum atomic E-state index is -1.21. The quantitative estimate of drug-likeness (QED) is 0.861. The third-order valence-electron chi connectivity index (χ3n) is 2.53. The molecule has 1 atom stereocenters. The van der Waals surface area contributed by atoms with E-state index in [2.05, 4.69) is 0 Å². The number of hydrogen-bond donors (Lipinski definition) is 1. The van der Waals surface area contributed by atoms with Gasteiger partial charge in [-0.2, -0.15) is 0 Å². The van der Waals surface area contributed by atoms with E-state index in [1.807, 2.05) is 0 Å². The Bertz CT molecular complexity index is 572. The predicted octanol–water partition coefficient (Wildman–Crippen LogP) is 2.39. The van der Waals surface area contributed by atoms with Gasteiger partial charge in [-0.15, -0.1) is 0 Å². The first-order valence-electron chi connectivity index (χ1n) is 5.58. The molecule has 0 aromatic heterocycles. The highest BCUT2D eigenvalue weighted by molar-refractivity contribution is 6.43. The third kappa shape index (κ3) is 2.91. The summed E-state index contributed by atoms with van der Waals surface area (Å²) in [6, 6.07) is 1.20. The molecular weight excluding hydrogens is 311 g/mol. The van der Waals surface area contributed by atoms with Crippen LogP contribution >= 0.6 is 23.2 Å². The maximum atomic E-state index is 11.1. The summed E-state index contributed by atoms with van der Waals surface area (Å²) in [5.41, 5.74) is -0.139. The van der Waals surface area contributed by atoms with Gasteiger partial charge in [0.2, 0.25) is 0 Å². The Balaban J connectivity index is 2.31. The van der Waals surface area contributed by atoms with Crippen LogP contribution in [0.25, 0.3) is 0 Å². The van der Waals surface area contributed by atoms with E-state index >= 15 is 0 Å². The normalized spacial score (nSPS) is 16.6. The number of hydrogen-bond acceptors (Lipinski definition) is 5. The Kier molecular flexibility index (Phi) is 4.25. The number of carbonyl (C=O) groups is 2. The topological polar surface area (TPSA) is 82.1 Å². The molecule has 6 nitrogen and oxygen atoms in total. The molecule has 1 N–H and O–H groups in total. The molecule has 0 amide bonds. The van der Waals surface area contributed by atoms with E-state index in [0.29, 0.717) is 0 Å². The number of carboxylic acid groups (broad SMARTS) is 1. The zero-order valence-corrected chi connectivity index (χ0v) is 11.8. The number of carbonyl (C=O) groups excluding carboxylic acids is 1. The van der Waals surface area contributed by atoms with Crippen LogP contribution in [0.15, 0.2) is 6.07 Å². The Morgan fingerprint density at radius 2 is 2.15 bits per heavy atom. The monoisotopic (exact) mass is 320 g/mol. The van der Waals surface area contributed by atoms with Crippen molar-refractivity contribution in [1.82, 2.24) is 0 Å². The molecule has 1 aromatic rings. The van der Waals surface area contributed by atoms with Crippen LogP contribution < -0.4 is 9.47 Å². The van der Waals surface area contributed by atoms with Gasteiger partial charge >= 0.3 is 11.9 Å². The SMILES string of the molecule is CC(=O)OCC1COc2c(C(=O)O)cc(Cl)c(Cl)c2O1. The molecule has 1 aliphatic rings. The summed E-state index contributed by atoms with van der Waals surface area (Å²) >= 11 is 11.8. The van der Waals surface area contributed by atoms with Crippen molar-refractivity contribution in [3.05, 3.63) is 21.7 Å². The van der Waals surface area contributed by atoms with Crippen LogP contribution in [0.4, 0.5) is 0 Å². The second-order valence-electron chi connectivity index (χ2n) is 4.04. The van der Waals surface area contributed by atoms with Gasteiger partial charge < -0.3 is 19.3 Å². The lowest BCUT2D eigenvalue weighted by Gasteiger charge is -2.28. The molecule has 20 heavy (non-hydrogen) atoms. The maximum Gasteiger partial charge on any atom is 0.339 e. The van der Waals surface area contributed by atoms with Crippen molar-refractivity contribution in [1.29, 1.82) is 0 Å². The number of benzene rings is 1. The Labute approximate surface area is 124 Å². The van der Waals surface area contributed by atoms with Gasteiger partial charge in [0, 0.05) is 6.92 Å². The lowest BCUT2D eigenvalue weighted by atomic mass is 10.1. The highest BCUT2D eigenvalue weighted by Crippen LogP contribution is 2.45. The molecule has 0 saturated heterocycles. The highest BCUT2D eigenvalue weighted by atomic mass is 35.5. The summed E-state index contributed by atoms with van der Waals surface area (Å²) in [6.45, 7) is 1.28. The third-order valence-corrected chi connectivity index (χ3v) is 3.30. The van der Waals surface area contributed by atoms with Gasteiger partial charge in [-0.25, -0.2) is 4.79 Å². The first-order chi connectivity index (χ1) is 9.40. The summed E-state index contributed by atoms with van der Waals surface area (Å²) < 4.78 is 15.7. The minimum Gasteiger partial charge on any atom is -0.485 e. The number of rotatable bonds is 3. The van der Waals surface area contributed by atoms with Gasteiger partial charge in [0.15, 0.2) is 17.6 Å². The van der Waals surface area contributed by atoms with Crippen molar-refractivity contribution in [2.45, 2.75) is 13.0 Å². The Morgan fingerprint density at radius 1 is 1.45 bits per heavy atom. The smallest absolute Gasteiger partial charge is 0.339 e. The van der Waals surface area contributed by atoms with Gasteiger partial charge in [-0.1, -0.05) is 23.2 Å². The average Bonchev–Trinajstić information content (AvgIpc) is 2.40. The first kappa shape index (κ1) is 14.7. The van der Waals surface area contributed by atoms with Crippen molar-refractivity contribution in [3.63, 3.8) is 0 Å². The molecule has 8 heteroatoms. The molecule has 108 valence electrons. The van der Waals surface area contributed by atoms with Crippen LogP contribution in [0.1, 0.15) is 17.3 Å². The molecule has 1 heterocycles. The summed E-state index contributed by atoms with van der Waals surface area (Å²) in [5.74, 6) is -1.60. The van der Waals surface area contributed by atoms with E-state index in [0.717, 1.165) is 0 Å². The van der Waals surface area contributed by atoms with Crippen LogP contribution in [-0.4, -0.2) is 36.4 Å². The fraction of sp³-hybridized carbons (Fsp3) is 0.333. The Morgan fingerprint density at radius 3 is 2.75 bits per heavy atom. The van der Waals surface area contributed by atoms with Crippen molar-refractivity contribution in [2.75, 3.05) is 13.2 Å². The van der Waals surface area contributed by atoms with Crippen LogP contribution in [-0.2, 0) is 9.53 Å². The van der Waals surface area contributed by atoms with Gasteiger partial charge in [0.1, 0.15) is 23.8 Å². The van der Waals surface area contributed by atoms with Crippen LogP contribution in [0, 0.1) is 0 Å². The summed E-state index contributed by atoms with van der Waals surface area (Å²) in [7, 11) is 0. The van der Waals surface area contributed by atoms with E-state index < -0.39 is 18.0 Å². The molecule has 2 rings (SSSR count). The molecular formula is C12H10Cl2O6. The number of carboxylic acids is 1. The molecule has 0 bridgehead atoms. The molecule has 0 fully saturated rings. The van der Waals surface area contributed by atoms with Crippen LogP contribution in [0.3, 0.4) is 0 Å². The number of halogens is 2. The maximum absolute atomic E-state index is 11.1. The standard InChI is InChI=1S/C12H10Cl2O6/c1-5(15)18-3-6-4-19-10-7(12(16)17)2-8(13)9(14)11(10)20-6/h2,6H,3-4H2,1H3,(H,16,17). The van der Waals surface area contributed by atoms with Crippen molar-refractivity contribution in [3.8, 4) is 11.5 Å². The number of aromatic carboxylic acids is 1. The summed E-state index contributed by atoms with van der Waals surface area (Å²) in [4.78, 5) is 21.9. The van der Waals surface area contributed by atoms with Crippen molar-refractivity contribution < 1.29 is 28.9 Å². The number of ether oxygens (including phenoxy) is 3. The van der Waals surface area contributed by atoms with E-state index in [4.69, 9.17) is 42.5 Å². The molecule has 0 radical (unpaired) electrons. The van der Waals surface area contributed by atoms with Gasteiger partial charge in [-0.05, 0) is 6.07 Å². The molecule has 1 unspecified atom stereocenters. The number of fused-ring (bicyclic) bond motifs is 1. The van der Waals surface area contributed by atoms with Gasteiger partial charge in [0.05, 0.1) is 5.02 Å². The minimum absolute atomic E-state index is 0.0194. The molecule has 0 spiro atoms. The predicted molar refractivity (Wildman–Crippen MR) is 70.0 cm³/mol. The Hall–Kier alpha value is -1.66. The van der Waals surface area contributed by atoms with Crippen molar-refractivity contribution in [2.24, 2.45) is 0 Å². The first-order valence-corrected chi connectivity index (χ1v) is 6.34. The zero-order valence-electron chi connectivity index (χ0n) is 10.3. The zero-order chi connectivity index (χ0) is 14.9. The fourth-order valence-corrected chi connectivity index (χ4v) is 2.04. The lowest BCUT2D eigenvalue weighted by molar-refractivity contribution is -0.144. The molecule has 1 aliphatic heterocycles. The molecule has 1 aromatic carbocycles. The van der Waals surface area contributed by atoms with Crippen molar-refractivity contribution >= 4 is 35.1 Å². The number of esters is 1. The highest BCUT2D eigenvalue weighted by Gasteiger charge is 2.30. The van der Waals surface area contributed by atoms with E-state index in [9.17, 15) is 9.59 Å². The fourth-order valence-electron chi connectivity index (χ4n) is 1.66. The second-order valence-corrected chi connectivity index (χ2v) is 4.82. The molecule has 0 aliphatic carbocycles. The molecule has 0 saturated carbocycles. The van der Waals surface area contributed by atoms with Gasteiger partial charge in [-0.3, -0.25) is 4.79 Å². The van der Waals surface area contributed by atoms with Crippen LogP contribution in [0.2, 0.25) is 10.0 Å². The van der Waals surface area contributed by atoms with Gasteiger partial charge in [0.25, 0.3) is 0 Å². The lowest BCUT2D eigenvalue weighted by Crippen LogP contribution is -2.34. The van der Waals surface area contributed by atoms with E-state index in [1.54, 1.807) is 0 Å². The van der Waals surface area contributed by atoms with E-state index in [-0.39, 0.29) is 40.3 Å². The second kappa shape index (κ2) is 5.76. The summed E-state index contributed by atoms with van der Waals surface area (Å²) in [5, 5.41) is 9.19.